The van der Waals surface area contributed by atoms with Crippen molar-refractivity contribution in [1.29, 1.82) is 0 Å². The van der Waals surface area contributed by atoms with Gasteiger partial charge in [0.15, 0.2) is 6.29 Å². The minimum absolute atomic E-state index is 0.0117. The summed E-state index contributed by atoms with van der Waals surface area (Å²) in [6, 6.07) is 11.7. The highest BCUT2D eigenvalue weighted by Crippen LogP contribution is 2.29. The number of nitro benzene ring substituents is 1. The molecule has 0 N–H and O–H groups in total. The number of hydrogen-bond donors (Lipinski definition) is 0. The number of rotatable bonds is 4. The number of carbonyl (C=O) groups is 1. The van der Waals surface area contributed by atoms with E-state index in [4.69, 9.17) is 11.6 Å². The van der Waals surface area contributed by atoms with E-state index in [1.165, 1.54) is 6.07 Å². The van der Waals surface area contributed by atoms with Gasteiger partial charge >= 0.3 is 0 Å². The Morgan fingerprint density at radius 3 is 2.58 bits per heavy atom. The smallest absolute Gasteiger partial charge is 0.273 e. The van der Waals surface area contributed by atoms with E-state index in [-0.39, 0.29) is 11.6 Å². The van der Waals surface area contributed by atoms with Crippen LogP contribution in [0.25, 0.3) is 11.1 Å². The molecule has 0 fully saturated rings. The first-order valence-corrected chi connectivity index (χ1v) is 6.08. The van der Waals surface area contributed by atoms with Crippen LogP contribution in [0.15, 0.2) is 42.5 Å². The molecule has 0 amide bonds. The SMILES string of the molecule is O=Cc1ccccc1-c1ccc([N+](=O)[O-])c(CCl)c1. The van der Waals surface area contributed by atoms with Crippen molar-refractivity contribution in [2.24, 2.45) is 0 Å². The maximum Gasteiger partial charge on any atom is 0.273 e. The van der Waals surface area contributed by atoms with E-state index in [0.717, 1.165) is 17.4 Å². The van der Waals surface area contributed by atoms with E-state index in [1.807, 2.05) is 6.07 Å². The maximum atomic E-state index is 11.0. The number of alkyl halides is 1. The Morgan fingerprint density at radius 2 is 1.95 bits per heavy atom. The highest BCUT2D eigenvalue weighted by molar-refractivity contribution is 6.17. The molecule has 0 saturated heterocycles. The van der Waals surface area contributed by atoms with Gasteiger partial charge in [-0.1, -0.05) is 24.3 Å². The summed E-state index contributed by atoms with van der Waals surface area (Å²) in [4.78, 5) is 21.4. The Kier molecular flexibility index (Phi) is 3.92. The van der Waals surface area contributed by atoms with Crippen molar-refractivity contribution >= 4 is 23.6 Å². The van der Waals surface area contributed by atoms with Crippen LogP contribution in [0.1, 0.15) is 15.9 Å². The molecule has 0 aliphatic carbocycles. The molecule has 0 saturated carbocycles. The van der Waals surface area contributed by atoms with Gasteiger partial charge in [-0.3, -0.25) is 14.9 Å². The third-order valence-corrected chi connectivity index (χ3v) is 3.11. The fourth-order valence-electron chi connectivity index (χ4n) is 1.90. The quantitative estimate of drug-likeness (QED) is 0.369. The molecule has 96 valence electrons. The van der Waals surface area contributed by atoms with Crippen LogP contribution in [0.3, 0.4) is 0 Å². The lowest BCUT2D eigenvalue weighted by molar-refractivity contribution is -0.385. The largest absolute Gasteiger partial charge is 0.298 e. The molecule has 5 heteroatoms. The Balaban J connectivity index is 2.58. The minimum atomic E-state index is -0.465. The Labute approximate surface area is 114 Å². The summed E-state index contributed by atoms with van der Waals surface area (Å²) in [6.45, 7) is 0. The summed E-state index contributed by atoms with van der Waals surface area (Å²) < 4.78 is 0. The molecule has 0 radical (unpaired) electrons. The zero-order valence-corrected chi connectivity index (χ0v) is 10.6. The molecule has 2 rings (SSSR count). The molecule has 0 aromatic heterocycles. The van der Waals surface area contributed by atoms with Gasteiger partial charge in [0.2, 0.25) is 0 Å². The zero-order valence-electron chi connectivity index (χ0n) is 9.88. The summed E-state index contributed by atoms with van der Waals surface area (Å²) in [5, 5.41) is 10.8. The molecular formula is C14H10ClNO3. The average Bonchev–Trinajstić information content (AvgIpc) is 2.46. The van der Waals surface area contributed by atoms with Crippen molar-refractivity contribution in [2.75, 3.05) is 0 Å². The maximum absolute atomic E-state index is 11.0. The summed E-state index contributed by atoms with van der Waals surface area (Å²) in [6.07, 6.45) is 0.761. The molecule has 0 heterocycles. The lowest BCUT2D eigenvalue weighted by atomic mass is 9.98. The Bertz CT molecular complexity index is 640. The Morgan fingerprint density at radius 1 is 1.21 bits per heavy atom. The van der Waals surface area contributed by atoms with Gasteiger partial charge in [0.1, 0.15) is 0 Å². The topological polar surface area (TPSA) is 60.2 Å². The number of benzene rings is 2. The minimum Gasteiger partial charge on any atom is -0.298 e. The molecule has 0 aliphatic rings. The van der Waals surface area contributed by atoms with Gasteiger partial charge in [0.25, 0.3) is 5.69 Å². The zero-order chi connectivity index (χ0) is 13.8. The summed E-state index contributed by atoms with van der Waals surface area (Å²) in [5.74, 6) is 0.0490. The van der Waals surface area contributed by atoms with Gasteiger partial charge in [0.05, 0.1) is 10.8 Å². The molecule has 0 atom stereocenters. The lowest BCUT2D eigenvalue weighted by Gasteiger charge is -2.07. The molecular weight excluding hydrogens is 266 g/mol. The second-order valence-electron chi connectivity index (χ2n) is 3.94. The first-order chi connectivity index (χ1) is 9.17. The Hall–Kier alpha value is -2.20. The number of nitrogens with zero attached hydrogens (tertiary/aromatic N) is 1. The summed E-state index contributed by atoms with van der Waals surface area (Å²) >= 11 is 5.74. The van der Waals surface area contributed by atoms with E-state index < -0.39 is 4.92 Å². The molecule has 0 spiro atoms. The van der Waals surface area contributed by atoms with E-state index in [9.17, 15) is 14.9 Å². The second-order valence-corrected chi connectivity index (χ2v) is 4.21. The van der Waals surface area contributed by atoms with Crippen LogP contribution in [0.5, 0.6) is 0 Å². The van der Waals surface area contributed by atoms with Crippen molar-refractivity contribution in [1.82, 2.24) is 0 Å². The van der Waals surface area contributed by atoms with Gasteiger partial charge < -0.3 is 0 Å². The number of aldehydes is 1. The number of carbonyl (C=O) groups excluding carboxylic acids is 1. The van der Waals surface area contributed by atoms with Crippen LogP contribution in [-0.4, -0.2) is 11.2 Å². The molecule has 19 heavy (non-hydrogen) atoms. The highest BCUT2D eigenvalue weighted by Gasteiger charge is 2.14. The first kappa shape index (κ1) is 13.2. The number of halogens is 1. The third-order valence-electron chi connectivity index (χ3n) is 2.82. The van der Waals surface area contributed by atoms with Gasteiger partial charge in [-0.2, -0.15) is 0 Å². The van der Waals surface area contributed by atoms with Crippen molar-refractivity contribution in [3.8, 4) is 11.1 Å². The van der Waals surface area contributed by atoms with E-state index in [0.29, 0.717) is 11.1 Å². The summed E-state index contributed by atoms with van der Waals surface area (Å²) in [7, 11) is 0. The van der Waals surface area contributed by atoms with Crippen LogP contribution in [0, 0.1) is 10.1 Å². The number of hydrogen-bond acceptors (Lipinski definition) is 3. The standard InChI is InChI=1S/C14H10ClNO3/c15-8-12-7-10(5-6-14(12)16(18)19)13-4-2-1-3-11(13)9-17/h1-7,9H,8H2. The second kappa shape index (κ2) is 5.63. The predicted molar refractivity (Wildman–Crippen MR) is 73.5 cm³/mol. The van der Waals surface area contributed by atoms with Crippen molar-refractivity contribution < 1.29 is 9.72 Å². The van der Waals surface area contributed by atoms with Gasteiger partial charge in [0, 0.05) is 17.2 Å². The van der Waals surface area contributed by atoms with E-state index in [2.05, 4.69) is 0 Å². The molecule has 2 aromatic carbocycles. The first-order valence-electron chi connectivity index (χ1n) is 5.55. The molecule has 0 aliphatic heterocycles. The predicted octanol–water partition coefficient (Wildman–Crippen LogP) is 3.81. The number of nitro groups is 1. The molecule has 2 aromatic rings. The average molecular weight is 276 g/mol. The van der Waals surface area contributed by atoms with Crippen LogP contribution in [0.2, 0.25) is 0 Å². The fourth-order valence-corrected chi connectivity index (χ4v) is 2.11. The lowest BCUT2D eigenvalue weighted by Crippen LogP contribution is -1.95. The van der Waals surface area contributed by atoms with E-state index >= 15 is 0 Å². The molecule has 0 bridgehead atoms. The fraction of sp³-hybridized carbons (Fsp3) is 0.0714. The summed E-state index contributed by atoms with van der Waals surface area (Å²) in [5.41, 5.74) is 2.44. The van der Waals surface area contributed by atoms with Gasteiger partial charge in [-0.15, -0.1) is 11.6 Å². The van der Waals surface area contributed by atoms with Crippen LogP contribution in [0.4, 0.5) is 5.69 Å². The normalized spacial score (nSPS) is 10.2. The highest BCUT2D eigenvalue weighted by atomic mass is 35.5. The van der Waals surface area contributed by atoms with Gasteiger partial charge in [-0.05, 0) is 23.3 Å². The van der Waals surface area contributed by atoms with Crippen LogP contribution in [-0.2, 0) is 5.88 Å². The van der Waals surface area contributed by atoms with Crippen molar-refractivity contribution in [2.45, 2.75) is 5.88 Å². The molecule has 0 unspecified atom stereocenters. The van der Waals surface area contributed by atoms with Gasteiger partial charge in [-0.25, -0.2) is 0 Å². The van der Waals surface area contributed by atoms with E-state index in [1.54, 1.807) is 30.3 Å². The third kappa shape index (κ3) is 2.63. The van der Waals surface area contributed by atoms with Crippen molar-refractivity contribution in [3.63, 3.8) is 0 Å². The molecule has 4 nitrogen and oxygen atoms in total. The monoisotopic (exact) mass is 275 g/mol. The van der Waals surface area contributed by atoms with Crippen LogP contribution >= 0.6 is 11.6 Å². The van der Waals surface area contributed by atoms with Crippen LogP contribution < -0.4 is 0 Å². The van der Waals surface area contributed by atoms with Crippen molar-refractivity contribution in [3.05, 3.63) is 63.7 Å².